The highest BCUT2D eigenvalue weighted by Crippen LogP contribution is 2.26. The first-order valence-electron chi connectivity index (χ1n) is 6.31. The number of nitrogens with zero attached hydrogens (tertiary/aromatic N) is 1. The second-order valence-corrected chi connectivity index (χ2v) is 4.79. The summed E-state index contributed by atoms with van der Waals surface area (Å²) >= 11 is 0. The van der Waals surface area contributed by atoms with Crippen molar-refractivity contribution in [2.45, 2.75) is 12.8 Å². The average molecular weight is 281 g/mol. The van der Waals surface area contributed by atoms with Crippen LogP contribution >= 0.6 is 0 Å². The highest BCUT2D eigenvalue weighted by atomic mass is 19.1. The molecular formula is C14H16FNO4. The molecule has 5 nitrogen and oxygen atoms in total. The third-order valence-corrected chi connectivity index (χ3v) is 3.37. The molecule has 1 N–H and O–H groups in total. The molecular weight excluding hydrogens is 265 g/mol. The number of aliphatic hydroxyl groups excluding tert-OH is 1. The number of hydrogen-bond donors (Lipinski definition) is 1. The van der Waals surface area contributed by atoms with E-state index in [-0.39, 0.29) is 36.8 Å². The topological polar surface area (TPSA) is 66.8 Å². The van der Waals surface area contributed by atoms with Gasteiger partial charge < -0.3 is 14.7 Å². The summed E-state index contributed by atoms with van der Waals surface area (Å²) in [4.78, 5) is 24.4. The fraction of sp³-hybridized carbons (Fsp3) is 0.429. The molecule has 108 valence electrons. The van der Waals surface area contributed by atoms with Crippen LogP contribution in [0.25, 0.3) is 0 Å². The summed E-state index contributed by atoms with van der Waals surface area (Å²) in [5.74, 6) is -1.31. The molecule has 1 amide bonds. The van der Waals surface area contributed by atoms with E-state index in [1.54, 1.807) is 6.07 Å². The van der Waals surface area contributed by atoms with Crippen molar-refractivity contribution in [1.29, 1.82) is 0 Å². The minimum absolute atomic E-state index is 0.0643. The van der Waals surface area contributed by atoms with E-state index in [0.29, 0.717) is 12.2 Å². The van der Waals surface area contributed by atoms with Crippen molar-refractivity contribution in [2.75, 3.05) is 25.2 Å². The molecule has 1 unspecified atom stereocenters. The van der Waals surface area contributed by atoms with Crippen LogP contribution in [0.3, 0.4) is 0 Å². The number of benzene rings is 1. The Morgan fingerprint density at radius 3 is 2.85 bits per heavy atom. The third kappa shape index (κ3) is 2.96. The molecule has 1 aliphatic heterocycles. The van der Waals surface area contributed by atoms with Crippen molar-refractivity contribution in [2.24, 2.45) is 5.92 Å². The van der Waals surface area contributed by atoms with Gasteiger partial charge in [0.1, 0.15) is 5.82 Å². The first-order chi connectivity index (χ1) is 9.55. The van der Waals surface area contributed by atoms with Gasteiger partial charge >= 0.3 is 5.97 Å². The van der Waals surface area contributed by atoms with E-state index in [1.807, 2.05) is 0 Å². The number of rotatable bonds is 4. The molecule has 1 aromatic carbocycles. The van der Waals surface area contributed by atoms with Gasteiger partial charge in [-0.05, 0) is 17.7 Å². The average Bonchev–Trinajstić information content (AvgIpc) is 2.82. The van der Waals surface area contributed by atoms with Gasteiger partial charge in [0.25, 0.3) is 0 Å². The highest BCUT2D eigenvalue weighted by molar-refractivity contribution is 5.95. The number of methoxy groups -OCH3 is 1. The number of carbonyl (C=O) groups is 2. The highest BCUT2D eigenvalue weighted by Gasteiger charge is 2.30. The largest absolute Gasteiger partial charge is 0.469 e. The Bertz CT molecular complexity index is 532. The second-order valence-electron chi connectivity index (χ2n) is 4.79. The van der Waals surface area contributed by atoms with Crippen LogP contribution in [0.15, 0.2) is 18.2 Å². The maximum Gasteiger partial charge on any atom is 0.310 e. The van der Waals surface area contributed by atoms with Gasteiger partial charge in [-0.1, -0.05) is 6.07 Å². The van der Waals surface area contributed by atoms with E-state index in [4.69, 9.17) is 5.11 Å². The summed E-state index contributed by atoms with van der Waals surface area (Å²) in [5.41, 5.74) is 0.669. The number of anilines is 1. The Kier molecular flexibility index (Phi) is 4.34. The summed E-state index contributed by atoms with van der Waals surface area (Å²) in [5, 5.41) is 9.07. The number of halogens is 1. The summed E-state index contributed by atoms with van der Waals surface area (Å²) in [6.07, 6.45) is 0.123. The summed E-state index contributed by atoms with van der Waals surface area (Å²) in [7, 11) is 1.24. The van der Waals surface area contributed by atoms with Crippen molar-refractivity contribution in [3.8, 4) is 0 Å². The van der Waals surface area contributed by atoms with Crippen LogP contribution in [0.4, 0.5) is 10.1 Å². The lowest BCUT2D eigenvalue weighted by atomic mass is 10.1. The lowest BCUT2D eigenvalue weighted by molar-refractivity contribution is -0.139. The van der Waals surface area contributed by atoms with Crippen LogP contribution in [-0.2, 0) is 20.7 Å². The molecule has 0 aliphatic carbocycles. The molecule has 1 aliphatic rings. The van der Waals surface area contributed by atoms with Gasteiger partial charge in [0.2, 0.25) is 5.91 Å². The van der Waals surface area contributed by atoms with Gasteiger partial charge in [0, 0.05) is 31.2 Å². The summed E-state index contributed by atoms with van der Waals surface area (Å²) in [6.45, 7) is 0.316. The fourth-order valence-corrected chi connectivity index (χ4v) is 2.23. The van der Waals surface area contributed by atoms with Crippen LogP contribution in [0.5, 0.6) is 0 Å². The zero-order chi connectivity index (χ0) is 14.7. The Morgan fingerprint density at radius 2 is 2.30 bits per heavy atom. The Morgan fingerprint density at radius 1 is 1.55 bits per heavy atom. The number of aliphatic hydroxyl groups is 1. The lowest BCUT2D eigenvalue weighted by Gasteiger charge is -2.17. The lowest BCUT2D eigenvalue weighted by Crippen LogP contribution is -2.25. The maximum atomic E-state index is 13.9. The van der Waals surface area contributed by atoms with Gasteiger partial charge in [-0.15, -0.1) is 0 Å². The van der Waals surface area contributed by atoms with Crippen molar-refractivity contribution in [3.05, 3.63) is 29.6 Å². The Labute approximate surface area is 116 Å². The summed E-state index contributed by atoms with van der Waals surface area (Å²) < 4.78 is 18.4. The predicted molar refractivity (Wildman–Crippen MR) is 69.7 cm³/mol. The van der Waals surface area contributed by atoms with E-state index in [0.717, 1.165) is 0 Å². The van der Waals surface area contributed by atoms with Crippen LogP contribution in [-0.4, -0.2) is 37.2 Å². The minimum atomic E-state index is -0.548. The molecule has 6 heteroatoms. The molecule has 1 aromatic rings. The van der Waals surface area contributed by atoms with Crippen molar-refractivity contribution >= 4 is 17.6 Å². The monoisotopic (exact) mass is 281 g/mol. The molecule has 0 bridgehead atoms. The molecule has 1 fully saturated rings. The van der Waals surface area contributed by atoms with Gasteiger partial charge in [-0.3, -0.25) is 9.59 Å². The van der Waals surface area contributed by atoms with Crippen molar-refractivity contribution < 1.29 is 23.8 Å². The Hall–Kier alpha value is -1.95. The van der Waals surface area contributed by atoms with Crippen LogP contribution in [0.2, 0.25) is 0 Å². The van der Waals surface area contributed by atoms with Crippen LogP contribution in [0.1, 0.15) is 12.0 Å². The number of amides is 1. The molecule has 1 heterocycles. The number of esters is 1. The maximum absolute atomic E-state index is 13.9. The quantitative estimate of drug-likeness (QED) is 0.832. The predicted octanol–water partition coefficient (Wildman–Crippen LogP) is 0.886. The number of carbonyl (C=O) groups excluding carboxylic acids is 2. The van der Waals surface area contributed by atoms with E-state index in [1.165, 1.54) is 24.1 Å². The molecule has 0 saturated carbocycles. The fourth-order valence-electron chi connectivity index (χ4n) is 2.23. The van der Waals surface area contributed by atoms with E-state index >= 15 is 0 Å². The van der Waals surface area contributed by atoms with Gasteiger partial charge in [0.15, 0.2) is 0 Å². The van der Waals surface area contributed by atoms with Gasteiger partial charge in [-0.2, -0.15) is 0 Å². The van der Waals surface area contributed by atoms with Gasteiger partial charge in [-0.25, -0.2) is 4.39 Å². The number of ether oxygens (including phenoxy) is 1. The normalized spacial score (nSPS) is 18.4. The van der Waals surface area contributed by atoms with Crippen LogP contribution < -0.4 is 4.90 Å². The molecule has 1 saturated heterocycles. The third-order valence-electron chi connectivity index (χ3n) is 3.37. The first kappa shape index (κ1) is 14.5. The van der Waals surface area contributed by atoms with Crippen molar-refractivity contribution in [3.63, 3.8) is 0 Å². The van der Waals surface area contributed by atoms with E-state index in [9.17, 15) is 14.0 Å². The smallest absolute Gasteiger partial charge is 0.310 e. The van der Waals surface area contributed by atoms with E-state index < -0.39 is 11.8 Å². The summed E-state index contributed by atoms with van der Waals surface area (Å²) in [6, 6.07) is 4.30. The molecule has 20 heavy (non-hydrogen) atoms. The SMILES string of the molecule is COC(=O)Cc1ccc(N2CC(CO)CC2=O)cc1F. The molecule has 2 rings (SSSR count). The Balaban J connectivity index is 2.17. The van der Waals surface area contributed by atoms with Crippen molar-refractivity contribution in [1.82, 2.24) is 0 Å². The van der Waals surface area contributed by atoms with Crippen LogP contribution in [0, 0.1) is 11.7 Å². The zero-order valence-corrected chi connectivity index (χ0v) is 11.1. The molecule has 0 aromatic heterocycles. The first-order valence-corrected chi connectivity index (χ1v) is 6.31. The van der Waals surface area contributed by atoms with E-state index in [2.05, 4.69) is 4.74 Å². The zero-order valence-electron chi connectivity index (χ0n) is 11.1. The van der Waals surface area contributed by atoms with Gasteiger partial charge in [0.05, 0.1) is 13.5 Å². The molecule has 0 spiro atoms. The minimum Gasteiger partial charge on any atom is -0.469 e. The number of hydrogen-bond acceptors (Lipinski definition) is 4. The standard InChI is InChI=1S/C14H16FNO4/c1-20-14(19)5-10-2-3-11(6-12(10)15)16-7-9(8-17)4-13(16)18/h2-3,6,9,17H,4-5,7-8H2,1H3. The molecule has 0 radical (unpaired) electrons. The second kappa shape index (κ2) is 6.00. The molecule has 1 atom stereocenters.